The maximum absolute atomic E-state index is 12.6. The van der Waals surface area contributed by atoms with Gasteiger partial charge in [0.2, 0.25) is 0 Å². The Kier molecular flexibility index (Phi) is 4.61. The SMILES string of the molecule is O=CC1CCC(C(=O)Cc2cc3cc(-c4cn[nH]c4)ccc3cn2)CC1. The van der Waals surface area contributed by atoms with Gasteiger partial charge in [-0.05, 0) is 48.8 Å². The molecule has 0 radical (unpaired) electrons. The quantitative estimate of drug-likeness (QED) is 0.713. The first-order valence-corrected chi connectivity index (χ1v) is 9.09. The van der Waals surface area contributed by atoms with Crippen molar-refractivity contribution in [2.45, 2.75) is 32.1 Å². The average molecular weight is 347 g/mol. The second-order valence-electron chi connectivity index (χ2n) is 7.12. The Morgan fingerprint density at radius 1 is 1.08 bits per heavy atom. The summed E-state index contributed by atoms with van der Waals surface area (Å²) in [7, 11) is 0. The van der Waals surface area contributed by atoms with E-state index in [0.717, 1.165) is 59.6 Å². The van der Waals surface area contributed by atoms with Crippen molar-refractivity contribution in [1.29, 1.82) is 0 Å². The number of fused-ring (bicyclic) bond motifs is 1. The minimum absolute atomic E-state index is 0.0703. The lowest BCUT2D eigenvalue weighted by Gasteiger charge is -2.24. The van der Waals surface area contributed by atoms with Gasteiger partial charge in [0.1, 0.15) is 12.1 Å². The van der Waals surface area contributed by atoms with Crippen LogP contribution in [0.4, 0.5) is 0 Å². The minimum atomic E-state index is 0.0703. The lowest BCUT2D eigenvalue weighted by molar-refractivity contribution is -0.124. The van der Waals surface area contributed by atoms with Crippen molar-refractivity contribution >= 4 is 22.8 Å². The molecule has 1 saturated carbocycles. The number of ketones is 1. The van der Waals surface area contributed by atoms with Crippen LogP contribution in [0.2, 0.25) is 0 Å². The van der Waals surface area contributed by atoms with E-state index in [0.29, 0.717) is 6.42 Å². The zero-order valence-electron chi connectivity index (χ0n) is 14.5. The van der Waals surface area contributed by atoms with Gasteiger partial charge in [0.25, 0.3) is 0 Å². The molecule has 5 nitrogen and oxygen atoms in total. The van der Waals surface area contributed by atoms with Crippen molar-refractivity contribution in [2.75, 3.05) is 0 Å². The summed E-state index contributed by atoms with van der Waals surface area (Å²) in [6.07, 6.45) is 10.2. The van der Waals surface area contributed by atoms with Crippen LogP contribution in [-0.2, 0) is 16.0 Å². The van der Waals surface area contributed by atoms with Gasteiger partial charge in [-0.2, -0.15) is 5.10 Å². The number of aldehydes is 1. The number of aromatic nitrogens is 3. The van der Waals surface area contributed by atoms with Crippen LogP contribution < -0.4 is 0 Å². The maximum atomic E-state index is 12.6. The fourth-order valence-electron chi connectivity index (χ4n) is 3.77. The van der Waals surface area contributed by atoms with E-state index in [2.05, 4.69) is 21.2 Å². The molecule has 0 atom stereocenters. The van der Waals surface area contributed by atoms with Gasteiger partial charge in [-0.15, -0.1) is 0 Å². The molecule has 0 aliphatic heterocycles. The van der Waals surface area contributed by atoms with Gasteiger partial charge >= 0.3 is 0 Å². The Bertz CT molecular complexity index is 926. The third kappa shape index (κ3) is 3.43. The summed E-state index contributed by atoms with van der Waals surface area (Å²) < 4.78 is 0. The monoisotopic (exact) mass is 347 g/mol. The molecule has 4 rings (SSSR count). The van der Waals surface area contributed by atoms with Crippen molar-refractivity contribution in [3.63, 3.8) is 0 Å². The highest BCUT2D eigenvalue weighted by Crippen LogP contribution is 2.29. The summed E-state index contributed by atoms with van der Waals surface area (Å²) in [5.74, 6) is 0.451. The molecule has 0 amide bonds. The van der Waals surface area contributed by atoms with E-state index in [1.54, 1.807) is 6.20 Å². The summed E-state index contributed by atoms with van der Waals surface area (Å²) in [4.78, 5) is 27.9. The first-order valence-electron chi connectivity index (χ1n) is 9.09. The third-order valence-electron chi connectivity index (χ3n) is 5.38. The van der Waals surface area contributed by atoms with Crippen molar-refractivity contribution < 1.29 is 9.59 Å². The van der Waals surface area contributed by atoms with Crippen molar-refractivity contribution in [2.24, 2.45) is 11.8 Å². The lowest BCUT2D eigenvalue weighted by atomic mass is 9.80. The maximum Gasteiger partial charge on any atom is 0.141 e. The highest BCUT2D eigenvalue weighted by atomic mass is 16.1. The molecule has 0 unspecified atom stereocenters. The van der Waals surface area contributed by atoms with Gasteiger partial charge in [-0.25, -0.2) is 0 Å². The first kappa shape index (κ1) is 16.6. The van der Waals surface area contributed by atoms with E-state index in [1.807, 2.05) is 30.6 Å². The molecular weight excluding hydrogens is 326 g/mol. The van der Waals surface area contributed by atoms with E-state index < -0.39 is 0 Å². The number of carbonyl (C=O) groups excluding carboxylic acids is 2. The Morgan fingerprint density at radius 2 is 1.92 bits per heavy atom. The number of pyridine rings is 1. The molecule has 0 saturated heterocycles. The number of nitrogens with one attached hydrogen (secondary N) is 1. The van der Waals surface area contributed by atoms with E-state index in [4.69, 9.17) is 0 Å². The van der Waals surface area contributed by atoms with Gasteiger partial charge in [0.05, 0.1) is 6.20 Å². The minimum Gasteiger partial charge on any atom is -0.303 e. The summed E-state index contributed by atoms with van der Waals surface area (Å²) in [5, 5.41) is 8.95. The number of H-pyrrole nitrogens is 1. The van der Waals surface area contributed by atoms with E-state index >= 15 is 0 Å². The van der Waals surface area contributed by atoms with Crippen molar-refractivity contribution in [3.05, 3.63) is 48.5 Å². The van der Waals surface area contributed by atoms with E-state index in [-0.39, 0.29) is 17.6 Å². The number of rotatable bonds is 5. The molecule has 1 fully saturated rings. The van der Waals surface area contributed by atoms with Crippen LogP contribution in [0.15, 0.2) is 42.9 Å². The molecule has 1 N–H and O–H groups in total. The number of hydrogen-bond donors (Lipinski definition) is 1. The second-order valence-corrected chi connectivity index (χ2v) is 7.12. The Hall–Kier alpha value is -2.82. The number of carbonyl (C=O) groups is 2. The number of Topliss-reactive ketones (excluding diaryl/α,β-unsaturated/α-hetero) is 1. The average Bonchev–Trinajstić information content (AvgIpc) is 3.22. The molecular formula is C21H21N3O2. The number of nitrogens with zero attached hydrogens (tertiary/aromatic N) is 2. The normalized spacial score (nSPS) is 20.2. The number of aromatic amines is 1. The summed E-state index contributed by atoms with van der Waals surface area (Å²) >= 11 is 0. The number of benzene rings is 1. The van der Waals surface area contributed by atoms with Gasteiger partial charge in [0.15, 0.2) is 0 Å². The molecule has 1 aromatic carbocycles. The van der Waals surface area contributed by atoms with Gasteiger partial charge in [-0.1, -0.05) is 12.1 Å². The lowest BCUT2D eigenvalue weighted by Crippen LogP contribution is -2.24. The van der Waals surface area contributed by atoms with Crippen LogP contribution in [-0.4, -0.2) is 27.3 Å². The zero-order valence-corrected chi connectivity index (χ0v) is 14.5. The number of hydrogen-bond acceptors (Lipinski definition) is 4. The third-order valence-corrected chi connectivity index (χ3v) is 5.38. The Labute approximate surface area is 151 Å². The van der Waals surface area contributed by atoms with Crippen LogP contribution in [0.1, 0.15) is 31.4 Å². The van der Waals surface area contributed by atoms with Gasteiger partial charge < -0.3 is 4.79 Å². The molecule has 1 aliphatic carbocycles. The molecule has 0 spiro atoms. The summed E-state index contributed by atoms with van der Waals surface area (Å²) in [6, 6.07) is 8.20. The second kappa shape index (κ2) is 7.20. The van der Waals surface area contributed by atoms with Crippen LogP contribution in [0.25, 0.3) is 21.9 Å². The van der Waals surface area contributed by atoms with Crippen molar-refractivity contribution in [1.82, 2.24) is 15.2 Å². The smallest absolute Gasteiger partial charge is 0.141 e. The largest absolute Gasteiger partial charge is 0.303 e. The van der Waals surface area contributed by atoms with Crippen LogP contribution in [0.3, 0.4) is 0 Å². The zero-order chi connectivity index (χ0) is 17.9. The van der Waals surface area contributed by atoms with Crippen molar-refractivity contribution in [3.8, 4) is 11.1 Å². The molecule has 1 aliphatic rings. The molecule has 26 heavy (non-hydrogen) atoms. The van der Waals surface area contributed by atoms with Gasteiger partial charge in [0, 0.05) is 47.3 Å². The highest BCUT2D eigenvalue weighted by Gasteiger charge is 2.26. The molecule has 0 bridgehead atoms. The predicted molar refractivity (Wildman–Crippen MR) is 99.5 cm³/mol. The molecule has 3 aromatic rings. The van der Waals surface area contributed by atoms with E-state index in [9.17, 15) is 9.59 Å². The van der Waals surface area contributed by atoms with E-state index in [1.165, 1.54) is 0 Å². The van der Waals surface area contributed by atoms with Crippen LogP contribution in [0.5, 0.6) is 0 Å². The molecule has 5 heteroatoms. The topological polar surface area (TPSA) is 75.7 Å². The molecule has 2 heterocycles. The van der Waals surface area contributed by atoms with Crippen LogP contribution >= 0.6 is 0 Å². The molecule has 2 aromatic heterocycles. The first-order chi connectivity index (χ1) is 12.7. The fraction of sp³-hybridized carbons (Fsp3) is 0.333. The Balaban J connectivity index is 1.51. The highest BCUT2D eigenvalue weighted by molar-refractivity contribution is 5.88. The molecule has 132 valence electrons. The standard InChI is InChI=1S/C21H21N3O2/c25-13-14-1-3-15(4-2-14)21(26)9-20-8-18-7-16(19-11-23-24-12-19)5-6-17(18)10-22-20/h5-8,10-15H,1-4,9H2,(H,23,24). The summed E-state index contributed by atoms with van der Waals surface area (Å²) in [5.41, 5.74) is 2.93. The van der Waals surface area contributed by atoms with Gasteiger partial charge in [-0.3, -0.25) is 14.9 Å². The predicted octanol–water partition coefficient (Wildman–Crippen LogP) is 3.74. The summed E-state index contributed by atoms with van der Waals surface area (Å²) in [6.45, 7) is 0. The fourth-order valence-corrected chi connectivity index (χ4v) is 3.77. The van der Waals surface area contributed by atoms with Crippen LogP contribution in [0, 0.1) is 11.8 Å². The Morgan fingerprint density at radius 3 is 2.65 bits per heavy atom.